The fourth-order valence-electron chi connectivity index (χ4n) is 3.33. The van der Waals surface area contributed by atoms with E-state index < -0.39 is 21.7 Å². The number of carbonyl (C=O) groups excluding carboxylic acids is 1. The Morgan fingerprint density at radius 2 is 1.79 bits per heavy atom. The largest absolute Gasteiger partial charge is 0.326 e. The number of anilines is 1. The zero-order chi connectivity index (χ0) is 20.3. The van der Waals surface area contributed by atoms with E-state index in [4.69, 9.17) is 0 Å². The molecule has 3 rings (SSSR count). The van der Waals surface area contributed by atoms with Crippen LogP contribution in [0.25, 0.3) is 0 Å². The predicted molar refractivity (Wildman–Crippen MR) is 102 cm³/mol. The zero-order valence-electron chi connectivity index (χ0n) is 15.5. The summed E-state index contributed by atoms with van der Waals surface area (Å²) in [6.45, 7) is 2.30. The smallest absolute Gasteiger partial charge is 0.243 e. The third kappa shape index (κ3) is 4.23. The van der Waals surface area contributed by atoms with Crippen molar-refractivity contribution in [1.29, 1.82) is 0 Å². The molecule has 0 bridgehead atoms. The second-order valence-electron chi connectivity index (χ2n) is 6.75. The first-order valence-electron chi connectivity index (χ1n) is 9.17. The Kier molecular flexibility index (Phi) is 6.10. The zero-order valence-corrected chi connectivity index (χ0v) is 16.3. The average Bonchev–Trinajstić information content (AvgIpc) is 2.70. The van der Waals surface area contributed by atoms with Crippen molar-refractivity contribution < 1.29 is 22.0 Å². The van der Waals surface area contributed by atoms with Crippen molar-refractivity contribution in [1.82, 2.24) is 4.31 Å². The molecule has 1 aliphatic rings. The molecule has 5 nitrogen and oxygen atoms in total. The lowest BCUT2D eigenvalue weighted by Gasteiger charge is -2.30. The number of piperidine rings is 1. The summed E-state index contributed by atoms with van der Waals surface area (Å²) in [5.41, 5.74) is 1.81. The number of aryl methyl sites for hydroxylation is 1. The minimum absolute atomic E-state index is 0.134. The van der Waals surface area contributed by atoms with Crippen LogP contribution in [0, 0.1) is 17.6 Å². The van der Waals surface area contributed by atoms with Crippen LogP contribution < -0.4 is 5.32 Å². The number of rotatable bonds is 5. The molecule has 0 atom stereocenters. The minimum Gasteiger partial charge on any atom is -0.326 e. The molecular formula is C20H22F2N2O3S. The fourth-order valence-corrected chi connectivity index (χ4v) is 4.81. The Morgan fingerprint density at radius 3 is 2.43 bits per heavy atom. The van der Waals surface area contributed by atoms with E-state index in [9.17, 15) is 22.0 Å². The van der Waals surface area contributed by atoms with Crippen molar-refractivity contribution in [2.24, 2.45) is 5.92 Å². The first-order valence-corrected chi connectivity index (χ1v) is 10.6. The Morgan fingerprint density at radius 1 is 1.11 bits per heavy atom. The lowest BCUT2D eigenvalue weighted by atomic mass is 9.97. The predicted octanol–water partition coefficient (Wildman–Crippen LogP) is 3.57. The van der Waals surface area contributed by atoms with E-state index in [1.807, 2.05) is 31.2 Å². The Bertz CT molecular complexity index is 971. The van der Waals surface area contributed by atoms with Gasteiger partial charge in [-0.1, -0.05) is 25.1 Å². The third-order valence-corrected chi connectivity index (χ3v) is 6.90. The number of carbonyl (C=O) groups is 1. The van der Waals surface area contributed by atoms with Crippen LogP contribution in [0.3, 0.4) is 0 Å². The number of halogens is 2. The van der Waals surface area contributed by atoms with Crippen LogP contribution >= 0.6 is 0 Å². The second-order valence-corrected chi connectivity index (χ2v) is 8.69. The molecule has 0 radical (unpaired) electrons. The molecule has 1 amide bonds. The SMILES string of the molecule is CCc1ccccc1NC(=O)C1CCN(S(=O)(=O)c2ccc(F)c(F)c2)CC1. The van der Waals surface area contributed by atoms with Crippen LogP contribution in [0.4, 0.5) is 14.5 Å². The molecule has 1 saturated heterocycles. The Hall–Kier alpha value is -2.32. The molecule has 150 valence electrons. The molecule has 0 aliphatic carbocycles. The third-order valence-electron chi connectivity index (χ3n) is 5.01. The molecule has 0 unspecified atom stereocenters. The molecule has 1 heterocycles. The fraction of sp³-hybridized carbons (Fsp3) is 0.350. The molecule has 0 spiro atoms. The summed E-state index contributed by atoms with van der Waals surface area (Å²) < 4.78 is 53.0. The van der Waals surface area contributed by atoms with Crippen molar-refractivity contribution >= 4 is 21.6 Å². The highest BCUT2D eigenvalue weighted by atomic mass is 32.2. The number of hydrogen-bond donors (Lipinski definition) is 1. The van der Waals surface area contributed by atoms with E-state index in [1.54, 1.807) is 0 Å². The molecule has 2 aromatic carbocycles. The molecule has 1 N–H and O–H groups in total. The summed E-state index contributed by atoms with van der Waals surface area (Å²) >= 11 is 0. The van der Waals surface area contributed by atoms with Gasteiger partial charge in [-0.25, -0.2) is 17.2 Å². The van der Waals surface area contributed by atoms with Crippen molar-refractivity contribution in [3.8, 4) is 0 Å². The van der Waals surface area contributed by atoms with E-state index in [-0.39, 0.29) is 29.8 Å². The summed E-state index contributed by atoms with van der Waals surface area (Å²) in [4.78, 5) is 12.3. The number of nitrogens with one attached hydrogen (secondary N) is 1. The maximum absolute atomic E-state index is 13.4. The van der Waals surface area contributed by atoms with Gasteiger partial charge in [0.25, 0.3) is 0 Å². The molecule has 2 aromatic rings. The minimum atomic E-state index is -3.93. The van der Waals surface area contributed by atoms with E-state index in [2.05, 4.69) is 5.32 Å². The Labute approximate surface area is 163 Å². The van der Waals surface area contributed by atoms with Crippen molar-refractivity contribution in [2.45, 2.75) is 31.1 Å². The van der Waals surface area contributed by atoms with E-state index in [1.165, 1.54) is 4.31 Å². The van der Waals surface area contributed by atoms with Crippen LogP contribution in [0.15, 0.2) is 47.4 Å². The molecule has 0 aromatic heterocycles. The van der Waals surface area contributed by atoms with Crippen LogP contribution in [0.5, 0.6) is 0 Å². The topological polar surface area (TPSA) is 66.5 Å². The average molecular weight is 408 g/mol. The summed E-state index contributed by atoms with van der Waals surface area (Å²) in [6, 6.07) is 10.1. The van der Waals surface area contributed by atoms with E-state index in [0.717, 1.165) is 29.8 Å². The number of para-hydroxylation sites is 1. The van der Waals surface area contributed by atoms with Crippen molar-refractivity contribution in [3.05, 3.63) is 59.7 Å². The van der Waals surface area contributed by atoms with E-state index in [0.29, 0.717) is 18.9 Å². The van der Waals surface area contributed by atoms with Gasteiger partial charge in [-0.15, -0.1) is 0 Å². The maximum Gasteiger partial charge on any atom is 0.243 e. The standard InChI is InChI=1S/C20H22F2N2O3S/c1-2-14-5-3-4-6-19(14)23-20(25)15-9-11-24(12-10-15)28(26,27)16-7-8-17(21)18(22)13-16/h3-8,13,15H,2,9-12H2,1H3,(H,23,25). The van der Waals surface area contributed by atoms with Crippen molar-refractivity contribution in [3.63, 3.8) is 0 Å². The number of amides is 1. The van der Waals surface area contributed by atoms with E-state index >= 15 is 0 Å². The summed E-state index contributed by atoms with van der Waals surface area (Å²) in [6.07, 6.45) is 1.52. The van der Waals surface area contributed by atoms with Crippen LogP contribution in [0.1, 0.15) is 25.3 Å². The highest BCUT2D eigenvalue weighted by Gasteiger charge is 2.32. The van der Waals surface area contributed by atoms with Crippen LogP contribution in [0.2, 0.25) is 0 Å². The maximum atomic E-state index is 13.4. The molecule has 1 aliphatic heterocycles. The van der Waals surface area contributed by atoms with Crippen LogP contribution in [-0.2, 0) is 21.2 Å². The second kappa shape index (κ2) is 8.36. The quantitative estimate of drug-likeness (QED) is 0.823. The van der Waals surface area contributed by atoms with Gasteiger partial charge in [-0.2, -0.15) is 4.31 Å². The monoisotopic (exact) mass is 408 g/mol. The van der Waals surface area contributed by atoms with Gasteiger partial charge >= 0.3 is 0 Å². The first kappa shape index (κ1) is 20.4. The van der Waals surface area contributed by atoms with Gasteiger partial charge in [-0.3, -0.25) is 4.79 Å². The summed E-state index contributed by atoms with van der Waals surface area (Å²) in [7, 11) is -3.93. The van der Waals surface area contributed by atoms with Gasteiger partial charge in [0.15, 0.2) is 11.6 Å². The molecule has 0 saturated carbocycles. The summed E-state index contributed by atoms with van der Waals surface area (Å²) in [5.74, 6) is -2.74. The highest BCUT2D eigenvalue weighted by molar-refractivity contribution is 7.89. The first-order chi connectivity index (χ1) is 13.3. The normalized spacial score (nSPS) is 16.1. The molecular weight excluding hydrogens is 386 g/mol. The molecule has 28 heavy (non-hydrogen) atoms. The lowest BCUT2D eigenvalue weighted by Crippen LogP contribution is -2.41. The number of benzene rings is 2. The number of hydrogen-bond acceptors (Lipinski definition) is 3. The summed E-state index contributed by atoms with van der Waals surface area (Å²) in [5, 5.41) is 2.93. The van der Waals surface area contributed by atoms with Gasteiger partial charge < -0.3 is 5.32 Å². The highest BCUT2D eigenvalue weighted by Crippen LogP contribution is 2.26. The van der Waals surface area contributed by atoms with Crippen molar-refractivity contribution in [2.75, 3.05) is 18.4 Å². The lowest BCUT2D eigenvalue weighted by molar-refractivity contribution is -0.120. The number of sulfonamides is 1. The van der Waals surface area contributed by atoms with Gasteiger partial charge in [0.05, 0.1) is 4.90 Å². The van der Waals surface area contributed by atoms with Crippen LogP contribution in [-0.4, -0.2) is 31.7 Å². The van der Waals surface area contributed by atoms with Gasteiger partial charge in [0.2, 0.25) is 15.9 Å². The molecule has 8 heteroatoms. The Balaban J connectivity index is 1.65. The van der Waals surface area contributed by atoms with Gasteiger partial charge in [0, 0.05) is 24.7 Å². The van der Waals surface area contributed by atoms with Gasteiger partial charge in [0.1, 0.15) is 0 Å². The van der Waals surface area contributed by atoms with Gasteiger partial charge in [-0.05, 0) is 49.1 Å². The molecule has 1 fully saturated rings. The number of nitrogens with zero attached hydrogens (tertiary/aromatic N) is 1.